The second-order valence-corrected chi connectivity index (χ2v) is 5.49. The number of rotatable bonds is 5. The van der Waals surface area contributed by atoms with Crippen molar-refractivity contribution in [3.63, 3.8) is 0 Å². The van der Waals surface area contributed by atoms with Gasteiger partial charge in [0.2, 0.25) is 5.91 Å². The molecule has 1 aliphatic carbocycles. The van der Waals surface area contributed by atoms with Crippen LogP contribution in [0.4, 0.5) is 5.69 Å². The highest BCUT2D eigenvalue weighted by atomic mass is 16.5. The van der Waals surface area contributed by atoms with Gasteiger partial charge in [0.05, 0.1) is 11.7 Å². The summed E-state index contributed by atoms with van der Waals surface area (Å²) in [5.41, 5.74) is 7.29. The van der Waals surface area contributed by atoms with Crippen molar-refractivity contribution < 1.29 is 19.1 Å². The van der Waals surface area contributed by atoms with Gasteiger partial charge < -0.3 is 15.8 Å². The Kier molecular flexibility index (Phi) is 4.39. The lowest BCUT2D eigenvalue weighted by molar-refractivity contribution is -0.123. The maximum atomic E-state index is 12.4. The van der Waals surface area contributed by atoms with Crippen LogP contribution in [0.25, 0.3) is 5.57 Å². The molecule has 3 N–H and O–H groups in total. The third-order valence-corrected chi connectivity index (χ3v) is 3.77. The minimum Gasteiger partial charge on any atom is -0.368 e. The summed E-state index contributed by atoms with van der Waals surface area (Å²) in [6, 6.07) is 7.23. The Bertz CT molecular complexity index is 805. The number of ketones is 1. The van der Waals surface area contributed by atoms with E-state index in [1.54, 1.807) is 30.4 Å². The second kappa shape index (κ2) is 6.64. The number of ether oxygens (including phenoxy) is 1. The molecule has 1 aromatic rings. The fourth-order valence-corrected chi connectivity index (χ4v) is 2.59. The number of allylic oxidation sites excluding steroid dienone is 3. The molecular formula is C18H16N2O4. The van der Waals surface area contributed by atoms with E-state index in [1.807, 2.05) is 12.1 Å². The zero-order valence-electron chi connectivity index (χ0n) is 12.8. The highest BCUT2D eigenvalue weighted by Gasteiger charge is 2.25. The van der Waals surface area contributed by atoms with Crippen molar-refractivity contribution in [1.82, 2.24) is 0 Å². The van der Waals surface area contributed by atoms with Crippen molar-refractivity contribution in [3.05, 3.63) is 59.7 Å². The molecular weight excluding hydrogens is 308 g/mol. The van der Waals surface area contributed by atoms with Crippen molar-refractivity contribution in [1.29, 1.82) is 0 Å². The SMILES string of the molecule is NC(=O)COC1C=CC(C(=O)/C=C2\C(=O)Nc3ccccc32)=CC1. The number of nitrogens with one attached hydrogen (secondary N) is 1. The predicted molar refractivity (Wildman–Crippen MR) is 88.8 cm³/mol. The van der Waals surface area contributed by atoms with Crippen molar-refractivity contribution in [2.45, 2.75) is 12.5 Å². The Balaban J connectivity index is 1.71. The summed E-state index contributed by atoms with van der Waals surface area (Å²) < 4.78 is 5.27. The molecule has 1 aliphatic heterocycles. The first-order valence-electron chi connectivity index (χ1n) is 7.49. The molecule has 0 bridgehead atoms. The largest absolute Gasteiger partial charge is 0.368 e. The molecule has 1 heterocycles. The minimum absolute atomic E-state index is 0.160. The summed E-state index contributed by atoms with van der Waals surface area (Å²) in [6.45, 7) is -0.160. The van der Waals surface area contributed by atoms with Gasteiger partial charge in [-0.1, -0.05) is 36.4 Å². The summed E-state index contributed by atoms with van der Waals surface area (Å²) in [5.74, 6) is -1.07. The van der Waals surface area contributed by atoms with Gasteiger partial charge in [-0.15, -0.1) is 0 Å². The summed E-state index contributed by atoms with van der Waals surface area (Å²) in [6.07, 6.45) is 6.60. The monoisotopic (exact) mass is 324 g/mol. The molecule has 6 nitrogen and oxygen atoms in total. The van der Waals surface area contributed by atoms with Crippen LogP contribution in [0.2, 0.25) is 0 Å². The number of nitrogens with two attached hydrogens (primary N) is 1. The summed E-state index contributed by atoms with van der Waals surface area (Å²) in [4.78, 5) is 35.1. The molecule has 1 aromatic carbocycles. The number of para-hydroxylation sites is 1. The molecule has 2 aliphatic rings. The maximum Gasteiger partial charge on any atom is 0.256 e. The number of hydrogen-bond acceptors (Lipinski definition) is 4. The highest BCUT2D eigenvalue weighted by Crippen LogP contribution is 2.31. The van der Waals surface area contributed by atoms with E-state index in [0.717, 1.165) is 5.56 Å². The van der Waals surface area contributed by atoms with Gasteiger partial charge in [0, 0.05) is 16.8 Å². The van der Waals surface area contributed by atoms with Crippen LogP contribution in [0.1, 0.15) is 12.0 Å². The van der Waals surface area contributed by atoms with Gasteiger partial charge in [0.25, 0.3) is 5.91 Å². The quantitative estimate of drug-likeness (QED) is 0.799. The standard InChI is InChI=1S/C18H16N2O4/c19-17(22)10-24-12-7-5-11(6-8-12)16(21)9-14-13-3-1-2-4-15(13)20-18(14)23/h1-7,9,12H,8,10H2,(H2,19,22)(H,20,23)/b14-9-. The molecule has 0 saturated carbocycles. The summed E-state index contributed by atoms with van der Waals surface area (Å²) in [7, 11) is 0. The molecule has 0 spiro atoms. The van der Waals surface area contributed by atoms with Gasteiger partial charge in [-0.3, -0.25) is 14.4 Å². The number of fused-ring (bicyclic) bond motifs is 1. The van der Waals surface area contributed by atoms with Crippen LogP contribution in [-0.4, -0.2) is 30.3 Å². The van der Waals surface area contributed by atoms with Gasteiger partial charge >= 0.3 is 0 Å². The third kappa shape index (κ3) is 3.33. The molecule has 6 heteroatoms. The Morgan fingerprint density at radius 2 is 2.12 bits per heavy atom. The topological polar surface area (TPSA) is 98.5 Å². The number of primary amides is 1. The van der Waals surface area contributed by atoms with Crippen molar-refractivity contribution in [2.24, 2.45) is 5.73 Å². The Morgan fingerprint density at radius 1 is 1.33 bits per heavy atom. The molecule has 0 radical (unpaired) electrons. The first-order chi connectivity index (χ1) is 11.5. The van der Waals surface area contributed by atoms with E-state index >= 15 is 0 Å². The van der Waals surface area contributed by atoms with Gasteiger partial charge in [-0.05, 0) is 18.6 Å². The van der Waals surface area contributed by atoms with Crippen LogP contribution < -0.4 is 11.1 Å². The zero-order chi connectivity index (χ0) is 17.1. The average Bonchev–Trinajstić information content (AvgIpc) is 2.89. The number of benzene rings is 1. The summed E-state index contributed by atoms with van der Waals surface area (Å²) in [5, 5.41) is 2.73. The highest BCUT2D eigenvalue weighted by molar-refractivity contribution is 6.35. The number of hydrogen-bond donors (Lipinski definition) is 2. The van der Waals surface area contributed by atoms with Gasteiger partial charge in [0.1, 0.15) is 6.61 Å². The predicted octanol–water partition coefficient (Wildman–Crippen LogP) is 1.35. The van der Waals surface area contributed by atoms with Gasteiger partial charge in [-0.25, -0.2) is 0 Å². The van der Waals surface area contributed by atoms with E-state index in [2.05, 4.69) is 5.32 Å². The van der Waals surface area contributed by atoms with Crippen LogP contribution in [-0.2, 0) is 19.1 Å². The van der Waals surface area contributed by atoms with E-state index in [-0.39, 0.29) is 24.4 Å². The molecule has 2 amide bonds. The fraction of sp³-hybridized carbons (Fsp3) is 0.167. The van der Waals surface area contributed by atoms with Crippen LogP contribution in [0.3, 0.4) is 0 Å². The average molecular weight is 324 g/mol. The molecule has 0 saturated heterocycles. The molecule has 1 unspecified atom stereocenters. The van der Waals surface area contributed by atoms with Crippen LogP contribution in [0.5, 0.6) is 0 Å². The Labute approximate surface area is 138 Å². The van der Waals surface area contributed by atoms with Crippen molar-refractivity contribution in [3.8, 4) is 0 Å². The molecule has 24 heavy (non-hydrogen) atoms. The lowest BCUT2D eigenvalue weighted by Gasteiger charge is -2.15. The minimum atomic E-state index is -0.537. The van der Waals surface area contributed by atoms with Gasteiger partial charge in [0.15, 0.2) is 5.78 Å². The number of carbonyl (C=O) groups excluding carboxylic acids is 3. The van der Waals surface area contributed by atoms with Crippen LogP contribution in [0, 0.1) is 0 Å². The Morgan fingerprint density at radius 3 is 2.83 bits per heavy atom. The maximum absolute atomic E-state index is 12.4. The first-order valence-corrected chi connectivity index (χ1v) is 7.49. The normalized spacial score (nSPS) is 20.5. The lowest BCUT2D eigenvalue weighted by Crippen LogP contribution is -2.23. The number of carbonyl (C=O) groups is 3. The summed E-state index contributed by atoms with van der Waals surface area (Å²) >= 11 is 0. The van der Waals surface area contributed by atoms with E-state index in [0.29, 0.717) is 23.3 Å². The van der Waals surface area contributed by atoms with E-state index in [9.17, 15) is 14.4 Å². The van der Waals surface area contributed by atoms with E-state index in [4.69, 9.17) is 10.5 Å². The van der Waals surface area contributed by atoms with Crippen LogP contribution >= 0.6 is 0 Å². The number of amides is 2. The third-order valence-electron chi connectivity index (χ3n) is 3.77. The fourth-order valence-electron chi connectivity index (χ4n) is 2.59. The van der Waals surface area contributed by atoms with Crippen molar-refractivity contribution >= 4 is 28.9 Å². The van der Waals surface area contributed by atoms with E-state index in [1.165, 1.54) is 6.08 Å². The second-order valence-electron chi connectivity index (χ2n) is 5.49. The van der Waals surface area contributed by atoms with Crippen molar-refractivity contribution in [2.75, 3.05) is 11.9 Å². The molecule has 0 aromatic heterocycles. The van der Waals surface area contributed by atoms with E-state index < -0.39 is 5.91 Å². The van der Waals surface area contributed by atoms with Crippen LogP contribution in [0.15, 0.2) is 54.1 Å². The Hall–Kier alpha value is -2.99. The first kappa shape index (κ1) is 15.9. The zero-order valence-corrected chi connectivity index (χ0v) is 12.8. The molecule has 3 rings (SSSR count). The molecule has 0 fully saturated rings. The van der Waals surface area contributed by atoms with Gasteiger partial charge in [-0.2, -0.15) is 0 Å². The number of anilines is 1. The smallest absolute Gasteiger partial charge is 0.256 e. The lowest BCUT2D eigenvalue weighted by atomic mass is 9.98. The molecule has 122 valence electrons. The molecule has 1 atom stereocenters.